The number of amides is 1. The lowest BCUT2D eigenvalue weighted by atomic mass is 9.72. The molecule has 0 radical (unpaired) electrons. The molecule has 2 saturated carbocycles. The van der Waals surface area contributed by atoms with E-state index in [1.54, 1.807) is 0 Å². The van der Waals surface area contributed by atoms with Crippen LogP contribution in [0.3, 0.4) is 0 Å². The zero-order chi connectivity index (χ0) is 31.8. The van der Waals surface area contributed by atoms with Crippen molar-refractivity contribution in [2.75, 3.05) is 0 Å². The average Bonchev–Trinajstić information content (AvgIpc) is 3.30. The molecule has 15 heteroatoms. The standard InChI is InChI=1S/C28H25F8NO5S/c29-17-3-5-19(6-4-17)43(41,42)25-10-9-20(23(38)37-18-12-15(13-18)24(39)40)22(25)7-1-14-11-16(2-8-21(14)25)26(30,27(31,32)33)28(34,35)36/h2-6,8,11,15,18,20,22H,1,7,9-10,12-13H2,(H,37,38)(H,39,40)/t15?,18?,20-,22+,25-/m1/s1. The largest absolute Gasteiger partial charge is 0.481 e. The molecule has 2 N–H and O–H groups in total. The Bertz CT molecular complexity index is 1540. The van der Waals surface area contributed by atoms with Crippen molar-refractivity contribution in [1.82, 2.24) is 5.32 Å². The van der Waals surface area contributed by atoms with Crippen LogP contribution in [0.4, 0.5) is 35.1 Å². The van der Waals surface area contributed by atoms with Crippen LogP contribution in [0.15, 0.2) is 47.4 Å². The first-order valence-electron chi connectivity index (χ1n) is 13.3. The number of hydrogen-bond acceptors (Lipinski definition) is 4. The second-order valence-electron chi connectivity index (χ2n) is 11.4. The number of carbonyl (C=O) groups is 2. The number of benzene rings is 2. The highest BCUT2D eigenvalue weighted by Gasteiger charge is 2.74. The fraction of sp³-hybridized carbons (Fsp3) is 0.500. The number of carboxylic acid groups (broad SMARTS) is 1. The fourth-order valence-corrected chi connectivity index (χ4v) is 9.41. The Labute approximate surface area is 240 Å². The Hall–Kier alpha value is -3.23. The number of fused-ring (bicyclic) bond motifs is 3. The minimum atomic E-state index is -6.37. The quantitative estimate of drug-likeness (QED) is 0.311. The van der Waals surface area contributed by atoms with Gasteiger partial charge in [-0.05, 0) is 79.8 Å². The molecular weight excluding hydrogens is 614 g/mol. The Morgan fingerprint density at radius 1 is 0.907 bits per heavy atom. The zero-order valence-electron chi connectivity index (χ0n) is 22.1. The summed E-state index contributed by atoms with van der Waals surface area (Å²) in [7, 11) is -4.56. The molecule has 43 heavy (non-hydrogen) atoms. The smallest absolute Gasteiger partial charge is 0.435 e. The van der Waals surface area contributed by atoms with Gasteiger partial charge in [0.15, 0.2) is 9.84 Å². The molecule has 5 rings (SSSR count). The van der Waals surface area contributed by atoms with Crippen molar-refractivity contribution in [1.29, 1.82) is 0 Å². The number of carbonyl (C=O) groups excluding carboxylic acids is 1. The Morgan fingerprint density at radius 3 is 2.07 bits per heavy atom. The maximum Gasteiger partial charge on any atom is 0.435 e. The van der Waals surface area contributed by atoms with Crippen molar-refractivity contribution < 1.29 is 58.2 Å². The molecule has 3 aliphatic carbocycles. The Balaban J connectivity index is 1.60. The number of hydrogen-bond donors (Lipinski definition) is 2. The number of alkyl halides is 7. The van der Waals surface area contributed by atoms with Crippen LogP contribution in [0, 0.1) is 23.6 Å². The third-order valence-electron chi connectivity index (χ3n) is 9.15. The predicted molar refractivity (Wildman–Crippen MR) is 133 cm³/mol. The molecule has 0 aromatic heterocycles. The van der Waals surface area contributed by atoms with E-state index < -0.39 is 79.7 Å². The number of aryl methyl sites for hydroxylation is 1. The van der Waals surface area contributed by atoms with Crippen molar-refractivity contribution in [3.63, 3.8) is 0 Å². The summed E-state index contributed by atoms with van der Waals surface area (Å²) >= 11 is 0. The molecule has 0 bridgehead atoms. The van der Waals surface area contributed by atoms with Gasteiger partial charge in [-0.3, -0.25) is 9.59 Å². The van der Waals surface area contributed by atoms with E-state index in [-0.39, 0.29) is 60.6 Å². The third-order valence-corrected chi connectivity index (χ3v) is 11.7. The van der Waals surface area contributed by atoms with Crippen LogP contribution >= 0.6 is 0 Å². The molecule has 2 fully saturated rings. The minimum Gasteiger partial charge on any atom is -0.481 e. The highest BCUT2D eigenvalue weighted by atomic mass is 32.2. The molecule has 6 nitrogen and oxygen atoms in total. The first-order chi connectivity index (χ1) is 19.8. The zero-order valence-corrected chi connectivity index (χ0v) is 22.9. The van der Waals surface area contributed by atoms with E-state index in [4.69, 9.17) is 5.11 Å². The minimum absolute atomic E-state index is 0.0225. The summed E-state index contributed by atoms with van der Waals surface area (Å²) in [4.78, 5) is 24.1. The first kappa shape index (κ1) is 31.2. The van der Waals surface area contributed by atoms with Gasteiger partial charge >= 0.3 is 24.0 Å². The second kappa shape index (κ2) is 10.2. The monoisotopic (exact) mass is 639 g/mol. The number of carboxylic acids is 1. The van der Waals surface area contributed by atoms with E-state index in [1.807, 2.05) is 0 Å². The van der Waals surface area contributed by atoms with Crippen LogP contribution in [0.25, 0.3) is 0 Å². The van der Waals surface area contributed by atoms with Crippen LogP contribution in [0.5, 0.6) is 0 Å². The number of rotatable bonds is 6. The summed E-state index contributed by atoms with van der Waals surface area (Å²) in [6.45, 7) is 0. The van der Waals surface area contributed by atoms with Gasteiger partial charge in [0, 0.05) is 17.5 Å². The van der Waals surface area contributed by atoms with Gasteiger partial charge in [-0.25, -0.2) is 17.2 Å². The predicted octanol–water partition coefficient (Wildman–Crippen LogP) is 5.74. The van der Waals surface area contributed by atoms with Crippen molar-refractivity contribution >= 4 is 21.7 Å². The van der Waals surface area contributed by atoms with Crippen LogP contribution in [-0.4, -0.2) is 43.8 Å². The molecule has 0 heterocycles. The normalized spacial score (nSPS) is 27.5. The van der Waals surface area contributed by atoms with E-state index in [9.17, 15) is 53.1 Å². The van der Waals surface area contributed by atoms with Crippen molar-refractivity contribution in [2.24, 2.45) is 17.8 Å². The maximum atomic E-state index is 14.9. The van der Waals surface area contributed by atoms with Crippen LogP contribution in [0.1, 0.15) is 48.8 Å². The maximum absolute atomic E-state index is 14.9. The van der Waals surface area contributed by atoms with Crippen molar-refractivity contribution in [3.8, 4) is 0 Å². The summed E-state index contributed by atoms with van der Waals surface area (Å²) < 4.78 is 136. The summed E-state index contributed by atoms with van der Waals surface area (Å²) in [6, 6.07) is 4.68. The molecule has 3 aliphatic rings. The number of nitrogens with one attached hydrogen (secondary N) is 1. The van der Waals surface area contributed by atoms with Crippen LogP contribution < -0.4 is 5.32 Å². The first-order valence-corrected chi connectivity index (χ1v) is 14.8. The molecular formula is C28H25F8NO5S. The molecule has 3 atom stereocenters. The Kier molecular flexibility index (Phi) is 7.37. The van der Waals surface area contributed by atoms with E-state index in [0.717, 1.165) is 30.3 Å². The molecule has 0 unspecified atom stereocenters. The Morgan fingerprint density at radius 2 is 1.51 bits per heavy atom. The van der Waals surface area contributed by atoms with Crippen LogP contribution in [0.2, 0.25) is 0 Å². The number of sulfone groups is 1. The number of aliphatic carboxylic acids is 1. The molecule has 0 spiro atoms. The molecule has 234 valence electrons. The summed E-state index contributed by atoms with van der Waals surface area (Å²) in [5.74, 6) is -4.91. The van der Waals surface area contributed by atoms with Gasteiger partial charge in [-0.15, -0.1) is 0 Å². The van der Waals surface area contributed by atoms with Gasteiger partial charge < -0.3 is 10.4 Å². The molecule has 1 amide bonds. The third kappa shape index (κ3) is 4.69. The van der Waals surface area contributed by atoms with E-state index >= 15 is 0 Å². The molecule has 2 aromatic rings. The fourth-order valence-electron chi connectivity index (χ4n) is 6.94. The lowest BCUT2D eigenvalue weighted by Gasteiger charge is -2.43. The van der Waals surface area contributed by atoms with Gasteiger partial charge in [0.1, 0.15) is 10.6 Å². The van der Waals surface area contributed by atoms with Gasteiger partial charge in [0.05, 0.1) is 10.8 Å². The highest BCUT2D eigenvalue weighted by Crippen LogP contribution is 2.60. The van der Waals surface area contributed by atoms with E-state index in [0.29, 0.717) is 6.07 Å². The van der Waals surface area contributed by atoms with E-state index in [2.05, 4.69) is 5.32 Å². The lowest BCUT2D eigenvalue weighted by molar-refractivity contribution is -0.348. The summed E-state index contributed by atoms with van der Waals surface area (Å²) in [6.07, 6.45) is -13.0. The average molecular weight is 640 g/mol. The van der Waals surface area contributed by atoms with E-state index in [1.165, 1.54) is 0 Å². The highest BCUT2D eigenvalue weighted by molar-refractivity contribution is 7.92. The van der Waals surface area contributed by atoms with Gasteiger partial charge in [0.2, 0.25) is 5.91 Å². The van der Waals surface area contributed by atoms with Gasteiger partial charge in [0.25, 0.3) is 0 Å². The molecule has 2 aromatic carbocycles. The second-order valence-corrected chi connectivity index (χ2v) is 13.6. The summed E-state index contributed by atoms with van der Waals surface area (Å²) in [5.41, 5.74) is -7.85. The van der Waals surface area contributed by atoms with Crippen molar-refractivity contribution in [3.05, 3.63) is 65.0 Å². The molecule has 0 aliphatic heterocycles. The lowest BCUT2D eigenvalue weighted by Crippen LogP contribution is -2.52. The topological polar surface area (TPSA) is 101 Å². The molecule has 0 saturated heterocycles. The van der Waals surface area contributed by atoms with Crippen molar-refractivity contribution in [2.45, 2.75) is 72.2 Å². The SMILES string of the molecule is O=C(O)C1CC(NC(=O)[C@@H]2CC[C@@]3(S(=O)(=O)c4ccc(F)cc4)c4ccc(C(F)(C(F)(F)F)C(F)(F)F)cc4CC[C@@H]23)C1. The summed E-state index contributed by atoms with van der Waals surface area (Å²) in [5, 5.41) is 11.8. The van der Waals surface area contributed by atoms with Crippen LogP contribution in [-0.2, 0) is 36.3 Å². The van der Waals surface area contributed by atoms with Gasteiger partial charge in [-0.2, -0.15) is 26.3 Å². The number of halogens is 8. The van der Waals surface area contributed by atoms with Gasteiger partial charge in [-0.1, -0.05) is 18.2 Å².